The Morgan fingerprint density at radius 3 is 1.62 bits per heavy atom. The SMILES string of the molecule is O=C(Nc1ccc(/C=C/c2ccc(NC(=O)[C@@H]3CCCN3C(=O)Cc3ccccn3)cc2)cc1)[C@@H]1CCCN1C(=O)Cc1ccccc1. The van der Waals surface area contributed by atoms with Crippen LogP contribution in [0.3, 0.4) is 0 Å². The quantitative estimate of drug-likeness (QED) is 0.219. The Hall–Kier alpha value is -5.57. The number of pyridine rings is 1. The number of carbonyl (C=O) groups is 4. The normalized spacial score (nSPS) is 17.4. The minimum absolute atomic E-state index is 0.0285. The average Bonchev–Trinajstić information content (AvgIpc) is 3.81. The molecule has 6 rings (SSSR count). The molecule has 2 atom stereocenters. The van der Waals surface area contributed by atoms with Crippen molar-refractivity contribution in [1.29, 1.82) is 0 Å². The summed E-state index contributed by atoms with van der Waals surface area (Å²) < 4.78 is 0. The molecule has 2 aliphatic heterocycles. The highest BCUT2D eigenvalue weighted by Gasteiger charge is 2.35. The number of hydrogen-bond acceptors (Lipinski definition) is 5. The maximum Gasteiger partial charge on any atom is 0.247 e. The molecular formula is C39H39N5O4. The molecule has 2 saturated heterocycles. The predicted octanol–water partition coefficient (Wildman–Crippen LogP) is 5.60. The van der Waals surface area contributed by atoms with Crippen LogP contribution in [-0.4, -0.2) is 63.6 Å². The third-order valence-electron chi connectivity index (χ3n) is 8.83. The number of nitrogens with one attached hydrogen (secondary N) is 2. The first-order valence-electron chi connectivity index (χ1n) is 16.5. The van der Waals surface area contributed by atoms with Crippen LogP contribution in [0.2, 0.25) is 0 Å². The second-order valence-corrected chi connectivity index (χ2v) is 12.2. The molecule has 4 amide bonds. The Bertz CT molecular complexity index is 1630. The average molecular weight is 642 g/mol. The second kappa shape index (κ2) is 15.3. The van der Waals surface area contributed by atoms with Crippen molar-refractivity contribution >= 4 is 47.2 Å². The molecule has 9 nitrogen and oxygen atoms in total. The summed E-state index contributed by atoms with van der Waals surface area (Å²) in [6, 6.07) is 29.2. The van der Waals surface area contributed by atoms with Crippen LogP contribution in [0.4, 0.5) is 11.4 Å². The summed E-state index contributed by atoms with van der Waals surface area (Å²) in [5.74, 6) is -0.467. The van der Waals surface area contributed by atoms with E-state index >= 15 is 0 Å². The van der Waals surface area contributed by atoms with Gasteiger partial charge in [-0.15, -0.1) is 0 Å². The molecule has 0 aliphatic carbocycles. The molecule has 0 bridgehead atoms. The van der Waals surface area contributed by atoms with Gasteiger partial charge in [-0.2, -0.15) is 0 Å². The Balaban J connectivity index is 0.985. The third-order valence-corrected chi connectivity index (χ3v) is 8.83. The number of nitrogens with zero attached hydrogens (tertiary/aromatic N) is 3. The standard InChI is InChI=1S/C39H39N5O4/c45-36(26-30-8-2-1-3-9-30)43-24-6-11-34(43)38(47)41-31-19-15-28(16-20-31)13-14-29-17-21-32(22-18-29)42-39(48)35-12-7-25-44(35)37(46)27-33-10-4-5-23-40-33/h1-5,8-10,13-23,34-35H,6-7,11-12,24-27H2,(H,41,47)(H,42,48)/b14-13+/t34-,35-/m0/s1. The molecule has 3 heterocycles. The van der Waals surface area contributed by atoms with E-state index in [1.165, 1.54) is 0 Å². The van der Waals surface area contributed by atoms with Crippen LogP contribution in [-0.2, 0) is 32.0 Å². The van der Waals surface area contributed by atoms with Crippen LogP contribution in [0, 0.1) is 0 Å². The van der Waals surface area contributed by atoms with E-state index in [9.17, 15) is 19.2 Å². The first kappa shape index (κ1) is 32.4. The topological polar surface area (TPSA) is 112 Å². The van der Waals surface area contributed by atoms with Gasteiger partial charge in [0.05, 0.1) is 12.8 Å². The Morgan fingerprint density at radius 2 is 1.12 bits per heavy atom. The smallest absolute Gasteiger partial charge is 0.247 e. The van der Waals surface area contributed by atoms with Gasteiger partial charge in [0.2, 0.25) is 23.6 Å². The summed E-state index contributed by atoms with van der Waals surface area (Å²) in [7, 11) is 0. The van der Waals surface area contributed by atoms with Gasteiger partial charge in [0.15, 0.2) is 0 Å². The summed E-state index contributed by atoms with van der Waals surface area (Å²) in [5, 5.41) is 5.95. The van der Waals surface area contributed by atoms with Crippen LogP contribution in [0.15, 0.2) is 103 Å². The van der Waals surface area contributed by atoms with Gasteiger partial charge in [-0.25, -0.2) is 0 Å². The van der Waals surface area contributed by atoms with Gasteiger partial charge in [0, 0.05) is 36.4 Å². The summed E-state index contributed by atoms with van der Waals surface area (Å²) in [5.41, 5.74) is 4.91. The summed E-state index contributed by atoms with van der Waals surface area (Å²) in [6.45, 7) is 1.16. The van der Waals surface area contributed by atoms with E-state index in [-0.39, 0.29) is 36.5 Å². The van der Waals surface area contributed by atoms with Crippen LogP contribution in [0.1, 0.15) is 48.1 Å². The zero-order valence-corrected chi connectivity index (χ0v) is 26.8. The fourth-order valence-electron chi connectivity index (χ4n) is 6.31. The number of anilines is 2. The predicted molar refractivity (Wildman–Crippen MR) is 187 cm³/mol. The zero-order chi connectivity index (χ0) is 33.3. The van der Waals surface area contributed by atoms with Gasteiger partial charge in [-0.05, 0) is 78.8 Å². The number of benzene rings is 3. The maximum atomic E-state index is 13.1. The minimum Gasteiger partial charge on any atom is -0.330 e. The second-order valence-electron chi connectivity index (χ2n) is 12.2. The van der Waals surface area contributed by atoms with Crippen molar-refractivity contribution in [2.75, 3.05) is 23.7 Å². The van der Waals surface area contributed by atoms with Crippen LogP contribution < -0.4 is 10.6 Å². The largest absolute Gasteiger partial charge is 0.330 e. The first-order chi connectivity index (χ1) is 23.4. The van der Waals surface area contributed by atoms with Crippen LogP contribution >= 0.6 is 0 Å². The van der Waals surface area contributed by atoms with Crippen molar-refractivity contribution in [3.63, 3.8) is 0 Å². The lowest BCUT2D eigenvalue weighted by Crippen LogP contribution is -2.43. The minimum atomic E-state index is -0.493. The molecule has 0 spiro atoms. The highest BCUT2D eigenvalue weighted by Crippen LogP contribution is 2.23. The van der Waals surface area contributed by atoms with Crippen molar-refractivity contribution in [2.45, 2.75) is 50.6 Å². The summed E-state index contributed by atoms with van der Waals surface area (Å²) >= 11 is 0. The molecular weight excluding hydrogens is 602 g/mol. The molecule has 2 fully saturated rings. The van der Waals surface area contributed by atoms with E-state index in [4.69, 9.17) is 0 Å². The number of rotatable bonds is 10. The maximum absolute atomic E-state index is 13.1. The molecule has 2 N–H and O–H groups in total. The van der Waals surface area contributed by atoms with Crippen molar-refractivity contribution in [1.82, 2.24) is 14.8 Å². The van der Waals surface area contributed by atoms with Gasteiger partial charge in [-0.3, -0.25) is 24.2 Å². The molecule has 1 aromatic heterocycles. The molecule has 0 unspecified atom stereocenters. The third kappa shape index (κ3) is 8.22. The fourth-order valence-corrected chi connectivity index (χ4v) is 6.31. The Labute approximate surface area is 280 Å². The molecule has 4 aromatic rings. The number of amides is 4. The molecule has 9 heteroatoms. The van der Waals surface area contributed by atoms with E-state index in [2.05, 4.69) is 15.6 Å². The van der Waals surface area contributed by atoms with Gasteiger partial charge in [0.25, 0.3) is 0 Å². The van der Waals surface area contributed by atoms with Crippen LogP contribution in [0.5, 0.6) is 0 Å². The molecule has 0 radical (unpaired) electrons. The summed E-state index contributed by atoms with van der Waals surface area (Å²) in [4.78, 5) is 59.6. The fraction of sp³-hybridized carbons (Fsp3) is 0.256. The molecule has 3 aromatic carbocycles. The molecule has 2 aliphatic rings. The van der Waals surface area contributed by atoms with Crippen molar-refractivity contribution < 1.29 is 19.2 Å². The Kier molecular flexibility index (Phi) is 10.4. The number of hydrogen-bond donors (Lipinski definition) is 2. The lowest BCUT2D eigenvalue weighted by atomic mass is 10.1. The van der Waals surface area contributed by atoms with Gasteiger partial charge in [-0.1, -0.05) is 72.8 Å². The Morgan fingerprint density at radius 1 is 0.625 bits per heavy atom. The van der Waals surface area contributed by atoms with Crippen LogP contribution in [0.25, 0.3) is 12.2 Å². The van der Waals surface area contributed by atoms with Crippen molar-refractivity contribution in [3.8, 4) is 0 Å². The highest BCUT2D eigenvalue weighted by molar-refractivity contribution is 5.98. The summed E-state index contributed by atoms with van der Waals surface area (Å²) in [6.07, 6.45) is 8.97. The molecule has 0 saturated carbocycles. The molecule has 48 heavy (non-hydrogen) atoms. The lowest BCUT2D eigenvalue weighted by Gasteiger charge is -2.24. The molecule has 244 valence electrons. The lowest BCUT2D eigenvalue weighted by molar-refractivity contribution is -0.136. The zero-order valence-electron chi connectivity index (χ0n) is 26.8. The van der Waals surface area contributed by atoms with E-state index < -0.39 is 12.1 Å². The first-order valence-corrected chi connectivity index (χ1v) is 16.5. The van der Waals surface area contributed by atoms with E-state index in [1.54, 1.807) is 16.0 Å². The van der Waals surface area contributed by atoms with Crippen molar-refractivity contribution in [2.24, 2.45) is 0 Å². The van der Waals surface area contributed by atoms with E-state index in [1.807, 2.05) is 109 Å². The number of likely N-dealkylation sites (tertiary alicyclic amines) is 2. The van der Waals surface area contributed by atoms with Crippen molar-refractivity contribution in [3.05, 3.63) is 126 Å². The monoisotopic (exact) mass is 641 g/mol. The van der Waals surface area contributed by atoms with Gasteiger partial charge < -0.3 is 20.4 Å². The van der Waals surface area contributed by atoms with E-state index in [0.29, 0.717) is 43.0 Å². The number of aromatic nitrogens is 1. The van der Waals surface area contributed by atoms with Gasteiger partial charge in [0.1, 0.15) is 12.1 Å². The van der Waals surface area contributed by atoms with E-state index in [0.717, 1.165) is 29.5 Å². The van der Waals surface area contributed by atoms with Gasteiger partial charge >= 0.3 is 0 Å². The number of carbonyl (C=O) groups excluding carboxylic acids is 4. The highest BCUT2D eigenvalue weighted by atomic mass is 16.2.